The summed E-state index contributed by atoms with van der Waals surface area (Å²) in [5, 5.41) is 3.35. The van der Waals surface area contributed by atoms with Gasteiger partial charge < -0.3 is 10.1 Å². The number of halogens is 3. The highest BCUT2D eigenvalue weighted by atomic mass is 19.4. The van der Waals surface area contributed by atoms with Crippen LogP contribution in [0, 0.1) is 0 Å². The highest BCUT2D eigenvalue weighted by molar-refractivity contribution is 5.76. The molecule has 1 spiro atoms. The third-order valence-corrected chi connectivity index (χ3v) is 5.70. The van der Waals surface area contributed by atoms with Gasteiger partial charge in [0.05, 0.1) is 0 Å². The van der Waals surface area contributed by atoms with Crippen molar-refractivity contribution in [1.82, 2.24) is 4.90 Å². The average Bonchev–Trinajstić information content (AvgIpc) is 3.26. The number of nitrogens with two attached hydrogens (primary N) is 1. The molecular weight excluding hydrogens is 383 g/mol. The summed E-state index contributed by atoms with van der Waals surface area (Å²) in [5.74, 6) is -2.28. The van der Waals surface area contributed by atoms with Crippen LogP contribution in [0.5, 0.6) is 0 Å². The van der Waals surface area contributed by atoms with Crippen molar-refractivity contribution < 1.29 is 22.7 Å². The van der Waals surface area contributed by atoms with Crippen molar-refractivity contribution in [2.24, 2.45) is 5.73 Å². The van der Waals surface area contributed by atoms with Crippen LogP contribution in [-0.4, -0.2) is 36.7 Å². The highest BCUT2D eigenvalue weighted by Gasteiger charge is 2.47. The van der Waals surface area contributed by atoms with E-state index in [1.165, 1.54) is 5.56 Å². The van der Waals surface area contributed by atoms with Gasteiger partial charge in [-0.2, -0.15) is 13.2 Å². The zero-order valence-electron chi connectivity index (χ0n) is 15.7. The van der Waals surface area contributed by atoms with Crippen molar-refractivity contribution in [3.8, 4) is 0 Å². The van der Waals surface area contributed by atoms with Crippen LogP contribution in [0.2, 0.25) is 0 Å². The fourth-order valence-corrected chi connectivity index (χ4v) is 4.43. The van der Waals surface area contributed by atoms with Crippen LogP contribution in [0.15, 0.2) is 48.5 Å². The molecule has 8 heteroatoms. The first-order chi connectivity index (χ1) is 13.8. The van der Waals surface area contributed by atoms with Crippen molar-refractivity contribution in [3.63, 3.8) is 0 Å². The lowest BCUT2D eigenvalue weighted by atomic mass is 9.79. The lowest BCUT2D eigenvalue weighted by Crippen LogP contribution is -2.35. The topological polar surface area (TPSA) is 67.6 Å². The maximum atomic E-state index is 12.6. The van der Waals surface area contributed by atoms with Crippen molar-refractivity contribution in [2.75, 3.05) is 25.0 Å². The van der Waals surface area contributed by atoms with E-state index in [9.17, 15) is 18.0 Å². The summed E-state index contributed by atoms with van der Waals surface area (Å²) >= 11 is 0. The van der Waals surface area contributed by atoms with Gasteiger partial charge in [-0.1, -0.05) is 42.5 Å². The summed E-state index contributed by atoms with van der Waals surface area (Å²) in [6.45, 7) is 3.08. The number of nitrogens with one attached hydrogen (secondary N) is 1. The molecule has 2 aromatic carbocycles. The van der Waals surface area contributed by atoms with E-state index in [0.29, 0.717) is 12.1 Å². The Morgan fingerprint density at radius 3 is 2.69 bits per heavy atom. The Bertz CT molecular complexity index is 904. The Kier molecular flexibility index (Phi) is 5.00. The van der Waals surface area contributed by atoms with Gasteiger partial charge in [0.25, 0.3) is 0 Å². The number of hydrogen-bond acceptors (Lipinski definition) is 5. The number of fused-ring (bicyclic) bond motifs is 2. The van der Waals surface area contributed by atoms with Crippen LogP contribution in [-0.2, 0) is 21.5 Å². The van der Waals surface area contributed by atoms with Gasteiger partial charge >= 0.3 is 12.1 Å². The summed E-state index contributed by atoms with van der Waals surface area (Å²) in [7, 11) is 0. The van der Waals surface area contributed by atoms with Gasteiger partial charge in [0.15, 0.2) is 6.23 Å². The first kappa shape index (κ1) is 19.7. The molecule has 1 saturated heterocycles. The number of ether oxygens (including phenoxy) is 1. The summed E-state index contributed by atoms with van der Waals surface area (Å²) < 4.78 is 42.3. The first-order valence-corrected chi connectivity index (χ1v) is 9.45. The van der Waals surface area contributed by atoms with Crippen LogP contribution in [0.1, 0.15) is 29.3 Å². The molecule has 0 aliphatic carbocycles. The zero-order valence-corrected chi connectivity index (χ0v) is 15.7. The maximum absolute atomic E-state index is 12.6. The number of esters is 1. The minimum Gasteiger partial charge on any atom is -0.436 e. The molecule has 0 radical (unpaired) electrons. The van der Waals surface area contributed by atoms with Crippen LogP contribution >= 0.6 is 0 Å². The van der Waals surface area contributed by atoms with E-state index in [2.05, 4.69) is 27.1 Å². The number of carbonyl (C=O) groups is 1. The fourth-order valence-electron chi connectivity index (χ4n) is 4.43. The van der Waals surface area contributed by atoms with Gasteiger partial charge in [0.1, 0.15) is 0 Å². The van der Waals surface area contributed by atoms with E-state index in [4.69, 9.17) is 5.73 Å². The molecule has 29 heavy (non-hydrogen) atoms. The van der Waals surface area contributed by atoms with Gasteiger partial charge in [-0.15, -0.1) is 0 Å². The summed E-state index contributed by atoms with van der Waals surface area (Å²) in [6.07, 6.45) is -5.71. The van der Waals surface area contributed by atoms with Crippen LogP contribution in [0.4, 0.5) is 18.9 Å². The van der Waals surface area contributed by atoms with E-state index in [0.717, 1.165) is 37.3 Å². The Hall–Kier alpha value is -2.58. The number of benzene rings is 2. The van der Waals surface area contributed by atoms with Gasteiger partial charge in [-0.25, -0.2) is 4.79 Å². The molecule has 0 aromatic heterocycles. The number of anilines is 1. The third kappa shape index (κ3) is 3.82. The van der Waals surface area contributed by atoms with E-state index in [1.807, 2.05) is 24.3 Å². The molecule has 0 amide bonds. The minimum absolute atomic E-state index is 0.275. The molecule has 2 unspecified atom stereocenters. The molecule has 5 nitrogen and oxygen atoms in total. The quantitative estimate of drug-likeness (QED) is 0.604. The second-order valence-corrected chi connectivity index (χ2v) is 7.67. The molecule has 1 fully saturated rings. The lowest BCUT2D eigenvalue weighted by Gasteiger charge is -2.28. The summed E-state index contributed by atoms with van der Waals surface area (Å²) in [6, 6.07) is 15.3. The third-order valence-electron chi connectivity index (χ3n) is 5.70. The van der Waals surface area contributed by atoms with E-state index < -0.39 is 18.4 Å². The van der Waals surface area contributed by atoms with E-state index in [1.54, 1.807) is 12.1 Å². The van der Waals surface area contributed by atoms with Crippen molar-refractivity contribution in [3.05, 3.63) is 65.2 Å². The minimum atomic E-state index is -5.08. The molecule has 3 N–H and O–H groups in total. The first-order valence-electron chi connectivity index (χ1n) is 9.45. The van der Waals surface area contributed by atoms with Gasteiger partial charge in [-0.05, 0) is 30.2 Å². The number of nitrogens with zero attached hydrogens (tertiary/aromatic N) is 1. The molecule has 2 heterocycles. The summed E-state index contributed by atoms with van der Waals surface area (Å²) in [4.78, 5) is 13.6. The highest BCUT2D eigenvalue weighted by Crippen LogP contribution is 2.46. The summed E-state index contributed by atoms with van der Waals surface area (Å²) in [5.41, 5.74) is 8.94. The lowest BCUT2D eigenvalue weighted by molar-refractivity contribution is -0.205. The smallest absolute Gasteiger partial charge is 0.436 e. The average molecular weight is 405 g/mol. The fraction of sp³-hybridized carbons (Fsp3) is 0.381. The number of rotatable bonds is 4. The predicted octanol–water partition coefficient (Wildman–Crippen LogP) is 3.32. The molecule has 2 aliphatic rings. The van der Waals surface area contributed by atoms with Crippen LogP contribution in [0.3, 0.4) is 0 Å². The molecule has 0 bridgehead atoms. The Morgan fingerprint density at radius 2 is 1.97 bits per heavy atom. The molecule has 2 aromatic rings. The number of alkyl halides is 3. The number of hydrogen-bond donors (Lipinski definition) is 2. The number of likely N-dealkylation sites (tertiary alicyclic amines) is 1. The van der Waals surface area contributed by atoms with Crippen molar-refractivity contribution in [1.29, 1.82) is 0 Å². The largest absolute Gasteiger partial charge is 0.490 e. The van der Waals surface area contributed by atoms with Gasteiger partial charge in [0.2, 0.25) is 0 Å². The van der Waals surface area contributed by atoms with Crippen molar-refractivity contribution >= 4 is 11.7 Å². The second-order valence-electron chi connectivity index (χ2n) is 7.67. The van der Waals surface area contributed by atoms with E-state index >= 15 is 0 Å². The normalized spacial score (nSPS) is 22.3. The molecular formula is C21H22F3N3O2. The standard InChI is InChI=1S/C21H22F3N3O2/c22-21(23,24)19(28)29-18(25)15-7-4-8-16-17(15)20(12-26-16)9-10-27(13-20)11-14-5-2-1-3-6-14/h1-8,18,26H,9-13,25H2. The maximum Gasteiger partial charge on any atom is 0.490 e. The Balaban J connectivity index is 1.57. The van der Waals surface area contributed by atoms with Gasteiger partial charge in [0, 0.05) is 36.3 Å². The van der Waals surface area contributed by atoms with Gasteiger partial charge in [-0.3, -0.25) is 10.6 Å². The zero-order chi connectivity index (χ0) is 20.6. The molecule has 2 atom stereocenters. The molecule has 154 valence electrons. The molecule has 4 rings (SSSR count). The van der Waals surface area contributed by atoms with Crippen LogP contribution < -0.4 is 11.1 Å². The SMILES string of the molecule is NC(OC(=O)C(F)(F)F)c1cccc2c1C1(CCN(Cc3ccccc3)C1)CN2. The molecule has 2 aliphatic heterocycles. The predicted molar refractivity (Wildman–Crippen MR) is 102 cm³/mol. The second kappa shape index (κ2) is 7.35. The van der Waals surface area contributed by atoms with Crippen LogP contribution in [0.25, 0.3) is 0 Å². The number of carbonyl (C=O) groups excluding carboxylic acids is 1. The van der Waals surface area contributed by atoms with E-state index in [-0.39, 0.29) is 5.41 Å². The Labute approximate surface area is 166 Å². The monoisotopic (exact) mass is 405 g/mol. The molecule has 0 saturated carbocycles. The van der Waals surface area contributed by atoms with Crippen molar-refractivity contribution in [2.45, 2.75) is 30.8 Å². The Morgan fingerprint density at radius 1 is 1.21 bits per heavy atom.